The van der Waals surface area contributed by atoms with E-state index in [4.69, 9.17) is 5.84 Å². The normalized spacial score (nSPS) is 14.6. The number of hydrogen-bond acceptors (Lipinski definition) is 5. The lowest BCUT2D eigenvalue weighted by atomic mass is 10.1. The number of carbonyl (C=O) groups excluding carboxylic acids is 3. The zero-order valence-corrected chi connectivity index (χ0v) is 8.88. The topological polar surface area (TPSA) is 105 Å². The molecule has 0 radical (unpaired) electrons. The first-order chi connectivity index (χ1) is 8.02. The van der Waals surface area contributed by atoms with Crippen molar-refractivity contribution in [2.75, 3.05) is 0 Å². The molecule has 0 aromatic heterocycles. The maximum Gasteiger partial charge on any atom is 0.278 e. The van der Waals surface area contributed by atoms with Crippen LogP contribution in [0.15, 0.2) is 28.4 Å². The summed E-state index contributed by atoms with van der Waals surface area (Å²) in [4.78, 5) is 33.9. The Balaban J connectivity index is 2.56. The maximum absolute atomic E-state index is 11.7. The van der Waals surface area contributed by atoms with E-state index >= 15 is 0 Å². The second-order valence-corrected chi connectivity index (χ2v) is 3.40. The molecule has 7 nitrogen and oxygen atoms in total. The van der Waals surface area contributed by atoms with Crippen LogP contribution in [0.5, 0.6) is 0 Å². The van der Waals surface area contributed by atoms with Gasteiger partial charge in [0.05, 0.1) is 16.8 Å². The summed E-state index contributed by atoms with van der Waals surface area (Å²) in [6, 6.07) is 4.49. The summed E-state index contributed by atoms with van der Waals surface area (Å²) in [5.41, 5.74) is 0.395. The molecule has 2 N–H and O–H groups in total. The highest BCUT2D eigenvalue weighted by molar-refractivity contribution is 6.23. The number of rotatable bonds is 1. The zero-order valence-electron chi connectivity index (χ0n) is 8.88. The molecule has 1 aromatic rings. The first-order valence-electron chi connectivity index (χ1n) is 4.71. The van der Waals surface area contributed by atoms with Crippen LogP contribution in [0.4, 0.5) is 5.69 Å². The van der Waals surface area contributed by atoms with Gasteiger partial charge in [-0.15, -0.1) is 10.2 Å². The Morgan fingerprint density at radius 2 is 2.00 bits per heavy atom. The minimum Gasteiger partial charge on any atom is -0.271 e. The molecule has 86 valence electrons. The number of nitrogens with two attached hydrogens (primary N) is 1. The molecule has 2 rings (SSSR count). The summed E-state index contributed by atoms with van der Waals surface area (Å²) in [6.45, 7) is 1.23. The summed E-state index contributed by atoms with van der Waals surface area (Å²) in [6.07, 6.45) is 0. The van der Waals surface area contributed by atoms with E-state index in [0.717, 1.165) is 0 Å². The molecular formula is C10H8N4O3. The highest BCUT2D eigenvalue weighted by atomic mass is 16.2. The van der Waals surface area contributed by atoms with Crippen molar-refractivity contribution in [2.45, 2.75) is 6.92 Å². The minimum absolute atomic E-state index is 0.0741. The lowest BCUT2D eigenvalue weighted by Crippen LogP contribution is -2.36. The van der Waals surface area contributed by atoms with Crippen molar-refractivity contribution >= 4 is 23.4 Å². The van der Waals surface area contributed by atoms with Crippen LogP contribution >= 0.6 is 0 Å². The SMILES string of the molecule is CC(=O)N=Nc1cccc2c1C(=O)N(N)C2=O. The molecule has 1 aliphatic rings. The fraction of sp³-hybridized carbons (Fsp3) is 0.100. The Kier molecular flexibility index (Phi) is 2.52. The van der Waals surface area contributed by atoms with Gasteiger partial charge in [-0.25, -0.2) is 10.9 Å². The van der Waals surface area contributed by atoms with Gasteiger partial charge in [-0.3, -0.25) is 14.4 Å². The van der Waals surface area contributed by atoms with Crippen LogP contribution in [-0.4, -0.2) is 22.7 Å². The van der Waals surface area contributed by atoms with Crippen LogP contribution in [-0.2, 0) is 4.79 Å². The van der Waals surface area contributed by atoms with Gasteiger partial charge in [0.2, 0.25) is 0 Å². The number of carbonyl (C=O) groups is 3. The van der Waals surface area contributed by atoms with Gasteiger partial charge >= 0.3 is 0 Å². The number of azo groups is 1. The van der Waals surface area contributed by atoms with Crippen molar-refractivity contribution in [2.24, 2.45) is 16.1 Å². The molecule has 0 unspecified atom stereocenters. The van der Waals surface area contributed by atoms with Gasteiger partial charge in [0.1, 0.15) is 0 Å². The number of fused-ring (bicyclic) bond motifs is 1. The van der Waals surface area contributed by atoms with Crippen molar-refractivity contribution < 1.29 is 14.4 Å². The molecule has 0 fully saturated rings. The molecule has 3 amide bonds. The Labute approximate surface area is 95.9 Å². The van der Waals surface area contributed by atoms with Gasteiger partial charge in [-0.1, -0.05) is 6.07 Å². The lowest BCUT2D eigenvalue weighted by molar-refractivity contribution is -0.116. The lowest BCUT2D eigenvalue weighted by Gasteiger charge is -2.02. The number of hydrogen-bond donors (Lipinski definition) is 1. The molecule has 0 saturated carbocycles. The van der Waals surface area contributed by atoms with Gasteiger partial charge in [0.15, 0.2) is 0 Å². The van der Waals surface area contributed by atoms with Gasteiger partial charge in [-0.2, -0.15) is 0 Å². The van der Waals surface area contributed by atoms with E-state index in [-0.39, 0.29) is 16.8 Å². The molecule has 0 aliphatic carbocycles. The average molecular weight is 232 g/mol. The molecule has 17 heavy (non-hydrogen) atoms. The van der Waals surface area contributed by atoms with Crippen LogP contribution in [0, 0.1) is 0 Å². The van der Waals surface area contributed by atoms with Crippen molar-refractivity contribution in [3.8, 4) is 0 Å². The summed E-state index contributed by atoms with van der Waals surface area (Å²) < 4.78 is 0. The Morgan fingerprint density at radius 3 is 2.65 bits per heavy atom. The molecule has 0 saturated heterocycles. The highest BCUT2D eigenvalue weighted by Gasteiger charge is 2.35. The first kappa shape index (κ1) is 11.1. The van der Waals surface area contributed by atoms with E-state index in [2.05, 4.69) is 10.2 Å². The third-order valence-corrected chi connectivity index (χ3v) is 2.22. The van der Waals surface area contributed by atoms with Crippen LogP contribution in [0.25, 0.3) is 0 Å². The molecule has 1 aromatic carbocycles. The largest absolute Gasteiger partial charge is 0.278 e. The van der Waals surface area contributed by atoms with Gasteiger partial charge in [0, 0.05) is 6.92 Å². The van der Waals surface area contributed by atoms with E-state index in [1.165, 1.54) is 25.1 Å². The van der Waals surface area contributed by atoms with Gasteiger partial charge in [0.25, 0.3) is 17.7 Å². The molecule has 0 atom stereocenters. The maximum atomic E-state index is 11.7. The molecule has 1 heterocycles. The summed E-state index contributed by atoms with van der Waals surface area (Å²) in [5.74, 6) is 3.55. The number of imide groups is 1. The van der Waals surface area contributed by atoms with E-state index in [0.29, 0.717) is 5.01 Å². The second-order valence-electron chi connectivity index (χ2n) is 3.40. The third kappa shape index (κ3) is 1.72. The van der Waals surface area contributed by atoms with Gasteiger partial charge < -0.3 is 0 Å². The zero-order chi connectivity index (χ0) is 12.6. The first-order valence-corrected chi connectivity index (χ1v) is 4.71. The Hall–Kier alpha value is -2.41. The molecular weight excluding hydrogens is 224 g/mol. The predicted octanol–water partition coefficient (Wildman–Crippen LogP) is 0.787. The van der Waals surface area contributed by atoms with Crippen molar-refractivity contribution in [1.82, 2.24) is 5.01 Å². The summed E-state index contributed by atoms with van der Waals surface area (Å²) >= 11 is 0. The molecule has 0 spiro atoms. The smallest absolute Gasteiger partial charge is 0.271 e. The monoisotopic (exact) mass is 232 g/mol. The standard InChI is InChI=1S/C10H8N4O3/c1-5(15)12-13-7-4-2-3-6-8(7)10(17)14(11)9(6)16/h2-4H,11H2,1H3. The van der Waals surface area contributed by atoms with Crippen LogP contribution in [0.1, 0.15) is 27.6 Å². The second kappa shape index (κ2) is 3.87. The Morgan fingerprint density at radius 1 is 1.29 bits per heavy atom. The number of benzene rings is 1. The van der Waals surface area contributed by atoms with E-state index < -0.39 is 17.7 Å². The highest BCUT2D eigenvalue weighted by Crippen LogP contribution is 2.29. The molecule has 7 heteroatoms. The van der Waals surface area contributed by atoms with Crippen LogP contribution < -0.4 is 5.84 Å². The molecule has 0 bridgehead atoms. The molecule has 1 aliphatic heterocycles. The fourth-order valence-electron chi connectivity index (χ4n) is 1.49. The van der Waals surface area contributed by atoms with Crippen molar-refractivity contribution in [3.05, 3.63) is 29.3 Å². The van der Waals surface area contributed by atoms with Crippen molar-refractivity contribution in [1.29, 1.82) is 0 Å². The fourth-order valence-corrected chi connectivity index (χ4v) is 1.49. The average Bonchev–Trinajstić information content (AvgIpc) is 2.52. The predicted molar refractivity (Wildman–Crippen MR) is 56.3 cm³/mol. The third-order valence-electron chi connectivity index (χ3n) is 2.22. The number of amides is 3. The number of nitrogens with zero attached hydrogens (tertiary/aromatic N) is 3. The van der Waals surface area contributed by atoms with E-state index in [1.54, 1.807) is 0 Å². The summed E-state index contributed by atoms with van der Waals surface area (Å²) in [7, 11) is 0. The van der Waals surface area contributed by atoms with E-state index in [9.17, 15) is 14.4 Å². The quantitative estimate of drug-likeness (QED) is 0.334. The Bertz CT molecular complexity index is 565. The number of hydrazine groups is 1. The minimum atomic E-state index is -0.650. The van der Waals surface area contributed by atoms with E-state index in [1.807, 2.05) is 0 Å². The summed E-state index contributed by atoms with van der Waals surface area (Å²) in [5, 5.41) is 7.45. The van der Waals surface area contributed by atoms with Gasteiger partial charge in [-0.05, 0) is 12.1 Å². The van der Waals surface area contributed by atoms with Crippen LogP contribution in [0.3, 0.4) is 0 Å². The van der Waals surface area contributed by atoms with Crippen LogP contribution in [0.2, 0.25) is 0 Å². The van der Waals surface area contributed by atoms with Crippen molar-refractivity contribution in [3.63, 3.8) is 0 Å².